The Hall–Kier alpha value is -0.970. The molecule has 1 heterocycles. The first-order valence-electron chi connectivity index (χ1n) is 5.43. The maximum atomic E-state index is 5.75. The van der Waals surface area contributed by atoms with Crippen LogP contribution < -0.4 is 11.1 Å². The van der Waals surface area contributed by atoms with E-state index in [1.54, 1.807) is 17.8 Å². The highest BCUT2D eigenvalue weighted by Gasteiger charge is 2.08. The molecule has 0 saturated heterocycles. The first-order chi connectivity index (χ1) is 7.52. The molecule has 0 aliphatic carbocycles. The van der Waals surface area contributed by atoms with Gasteiger partial charge < -0.3 is 11.1 Å². The summed E-state index contributed by atoms with van der Waals surface area (Å²) in [6.45, 7) is 6.25. The van der Waals surface area contributed by atoms with Gasteiger partial charge in [-0.2, -0.15) is 11.8 Å². The predicted molar refractivity (Wildman–Crippen MR) is 72.0 cm³/mol. The molecule has 0 aromatic carbocycles. The lowest BCUT2D eigenvalue weighted by Gasteiger charge is -2.14. The minimum Gasteiger partial charge on any atom is -0.384 e. The van der Waals surface area contributed by atoms with Crippen molar-refractivity contribution in [3.63, 3.8) is 0 Å². The molecule has 0 bridgehead atoms. The van der Waals surface area contributed by atoms with Gasteiger partial charge in [0, 0.05) is 23.8 Å². The number of nitrogens with zero attached hydrogens (tertiary/aromatic N) is 2. The fourth-order valence-corrected chi connectivity index (χ4v) is 1.94. The van der Waals surface area contributed by atoms with Crippen molar-refractivity contribution in [1.29, 1.82) is 0 Å². The van der Waals surface area contributed by atoms with Crippen LogP contribution in [0.5, 0.6) is 0 Å². The highest BCUT2D eigenvalue weighted by Crippen LogP contribution is 2.16. The third-order valence-corrected chi connectivity index (χ3v) is 2.92. The number of nitrogens with one attached hydrogen (secondary N) is 1. The molecule has 3 N–H and O–H groups in total. The molecule has 16 heavy (non-hydrogen) atoms. The lowest BCUT2D eigenvalue weighted by Crippen LogP contribution is -2.19. The van der Waals surface area contributed by atoms with Gasteiger partial charge in [0.25, 0.3) is 0 Å². The van der Waals surface area contributed by atoms with Crippen LogP contribution in [0.4, 0.5) is 11.6 Å². The van der Waals surface area contributed by atoms with Gasteiger partial charge in [-0.15, -0.1) is 0 Å². The number of hydrogen-bond donors (Lipinski definition) is 2. The predicted octanol–water partition coefficient (Wildman–Crippen LogP) is 2.35. The summed E-state index contributed by atoms with van der Waals surface area (Å²) >= 11 is 1.81. The number of nitrogens with two attached hydrogens (primary N) is 1. The van der Waals surface area contributed by atoms with Crippen LogP contribution in [0.2, 0.25) is 0 Å². The van der Waals surface area contributed by atoms with Crippen molar-refractivity contribution >= 4 is 23.4 Å². The zero-order chi connectivity index (χ0) is 12.1. The minimum atomic E-state index is 0.292. The number of aromatic nitrogens is 2. The Morgan fingerprint density at radius 2 is 2.06 bits per heavy atom. The molecule has 1 atom stereocenters. The van der Waals surface area contributed by atoms with Gasteiger partial charge in [-0.3, -0.25) is 0 Å². The van der Waals surface area contributed by atoms with Gasteiger partial charge in [0.05, 0.1) is 0 Å². The van der Waals surface area contributed by atoms with E-state index in [9.17, 15) is 0 Å². The van der Waals surface area contributed by atoms with Gasteiger partial charge >= 0.3 is 0 Å². The third kappa shape index (κ3) is 3.89. The number of thioether (sulfide) groups is 1. The number of rotatable bonds is 5. The number of anilines is 2. The standard InChI is InChI=1S/C11H20N4S/c1-7(2)11-14-9(12)5-10(15-11)13-8(3)6-16-4/h5,7-8H,6H2,1-4H3,(H3,12,13,14,15). The van der Waals surface area contributed by atoms with E-state index in [1.807, 2.05) is 0 Å². The van der Waals surface area contributed by atoms with E-state index in [4.69, 9.17) is 5.73 Å². The Labute approximate surface area is 101 Å². The summed E-state index contributed by atoms with van der Waals surface area (Å²) in [5.74, 6) is 3.47. The van der Waals surface area contributed by atoms with Crippen molar-refractivity contribution in [2.24, 2.45) is 0 Å². The van der Waals surface area contributed by atoms with Gasteiger partial charge in [0.15, 0.2) is 0 Å². The normalized spacial score (nSPS) is 12.8. The molecule has 5 heteroatoms. The summed E-state index contributed by atoms with van der Waals surface area (Å²) in [6, 6.07) is 2.16. The molecule has 0 amide bonds. The molecule has 0 aliphatic heterocycles. The average molecular weight is 240 g/mol. The number of hydrogen-bond acceptors (Lipinski definition) is 5. The van der Waals surface area contributed by atoms with Crippen LogP contribution in [0.3, 0.4) is 0 Å². The van der Waals surface area contributed by atoms with Gasteiger partial charge in [-0.05, 0) is 13.2 Å². The highest BCUT2D eigenvalue weighted by atomic mass is 32.2. The molecule has 4 nitrogen and oxygen atoms in total. The Bertz CT molecular complexity index is 341. The van der Waals surface area contributed by atoms with Gasteiger partial charge in [0.1, 0.15) is 17.5 Å². The van der Waals surface area contributed by atoms with Crippen molar-refractivity contribution in [2.75, 3.05) is 23.1 Å². The van der Waals surface area contributed by atoms with E-state index in [2.05, 4.69) is 42.3 Å². The monoisotopic (exact) mass is 240 g/mol. The highest BCUT2D eigenvalue weighted by molar-refractivity contribution is 7.98. The summed E-state index contributed by atoms with van der Waals surface area (Å²) < 4.78 is 0. The van der Waals surface area contributed by atoms with E-state index in [1.165, 1.54) is 0 Å². The van der Waals surface area contributed by atoms with E-state index in [0.29, 0.717) is 17.8 Å². The lowest BCUT2D eigenvalue weighted by atomic mass is 10.2. The average Bonchev–Trinajstić information content (AvgIpc) is 2.16. The molecule has 0 saturated carbocycles. The zero-order valence-electron chi connectivity index (χ0n) is 10.3. The van der Waals surface area contributed by atoms with Crippen LogP contribution in [0, 0.1) is 0 Å². The third-order valence-electron chi connectivity index (χ3n) is 2.09. The van der Waals surface area contributed by atoms with Crippen molar-refractivity contribution in [3.8, 4) is 0 Å². The first-order valence-corrected chi connectivity index (χ1v) is 6.82. The van der Waals surface area contributed by atoms with Crippen LogP contribution in [0.25, 0.3) is 0 Å². The first kappa shape index (κ1) is 13.1. The van der Waals surface area contributed by atoms with Crippen LogP contribution in [-0.4, -0.2) is 28.0 Å². The summed E-state index contributed by atoms with van der Waals surface area (Å²) in [4.78, 5) is 8.65. The van der Waals surface area contributed by atoms with Crippen molar-refractivity contribution in [1.82, 2.24) is 9.97 Å². The quantitative estimate of drug-likeness (QED) is 0.827. The summed E-state index contributed by atoms with van der Waals surface area (Å²) in [6.07, 6.45) is 2.09. The topological polar surface area (TPSA) is 63.8 Å². The Morgan fingerprint density at radius 1 is 1.38 bits per heavy atom. The Balaban J connectivity index is 2.80. The summed E-state index contributed by atoms with van der Waals surface area (Å²) in [5, 5.41) is 3.33. The second-order valence-corrected chi connectivity index (χ2v) is 5.10. The summed E-state index contributed by atoms with van der Waals surface area (Å²) in [7, 11) is 0. The second-order valence-electron chi connectivity index (χ2n) is 4.19. The molecule has 1 aromatic heterocycles. The van der Waals surface area contributed by atoms with E-state index in [0.717, 1.165) is 17.4 Å². The minimum absolute atomic E-state index is 0.292. The molecule has 1 rings (SSSR count). The van der Waals surface area contributed by atoms with Crippen molar-refractivity contribution in [2.45, 2.75) is 32.7 Å². The zero-order valence-corrected chi connectivity index (χ0v) is 11.1. The van der Waals surface area contributed by atoms with E-state index < -0.39 is 0 Å². The van der Waals surface area contributed by atoms with Crippen molar-refractivity contribution < 1.29 is 0 Å². The largest absolute Gasteiger partial charge is 0.384 e. The molecule has 0 fully saturated rings. The van der Waals surface area contributed by atoms with Crippen LogP contribution in [-0.2, 0) is 0 Å². The van der Waals surface area contributed by atoms with Crippen LogP contribution in [0.1, 0.15) is 32.5 Å². The lowest BCUT2D eigenvalue weighted by molar-refractivity contribution is 0.773. The Morgan fingerprint density at radius 3 is 2.62 bits per heavy atom. The van der Waals surface area contributed by atoms with Crippen LogP contribution in [0.15, 0.2) is 6.07 Å². The molecule has 1 unspecified atom stereocenters. The maximum absolute atomic E-state index is 5.75. The molecule has 0 spiro atoms. The molecular formula is C11H20N4S. The van der Waals surface area contributed by atoms with Gasteiger partial charge in [0.2, 0.25) is 0 Å². The Kier molecular flexibility index (Phi) is 4.86. The molecular weight excluding hydrogens is 220 g/mol. The molecule has 0 radical (unpaired) electrons. The van der Waals surface area contributed by atoms with Gasteiger partial charge in [-0.25, -0.2) is 9.97 Å². The maximum Gasteiger partial charge on any atom is 0.135 e. The SMILES string of the molecule is CSCC(C)Nc1cc(N)nc(C(C)C)n1. The summed E-state index contributed by atoms with van der Waals surface area (Å²) in [5.41, 5.74) is 5.75. The fourth-order valence-electron chi connectivity index (χ4n) is 1.36. The van der Waals surface area contributed by atoms with E-state index in [-0.39, 0.29) is 0 Å². The number of nitrogen functional groups attached to an aromatic ring is 1. The smallest absolute Gasteiger partial charge is 0.135 e. The molecule has 90 valence electrons. The second kappa shape index (κ2) is 5.94. The van der Waals surface area contributed by atoms with Gasteiger partial charge in [-0.1, -0.05) is 13.8 Å². The van der Waals surface area contributed by atoms with Crippen molar-refractivity contribution in [3.05, 3.63) is 11.9 Å². The molecule has 0 aliphatic rings. The van der Waals surface area contributed by atoms with Crippen LogP contribution >= 0.6 is 11.8 Å². The van der Waals surface area contributed by atoms with E-state index >= 15 is 0 Å². The molecule has 1 aromatic rings. The fraction of sp³-hybridized carbons (Fsp3) is 0.636.